The van der Waals surface area contributed by atoms with Crippen LogP contribution in [-0.2, 0) is 4.79 Å². The zero-order chi connectivity index (χ0) is 12.7. The molecule has 1 heterocycles. The Hall–Kier alpha value is -0.650. The van der Waals surface area contributed by atoms with Gasteiger partial charge in [-0.2, -0.15) is 0 Å². The summed E-state index contributed by atoms with van der Waals surface area (Å²) in [4.78, 5) is 16.2. The largest absolute Gasteiger partial charge is 0.395 e. The van der Waals surface area contributed by atoms with Crippen LogP contribution < -0.4 is 5.32 Å². The smallest absolute Gasteiger partial charge is 0.237 e. The Labute approximate surface area is 104 Å². The van der Waals surface area contributed by atoms with E-state index in [1.165, 1.54) is 0 Å². The number of hydrogen-bond acceptors (Lipinski definition) is 4. The molecule has 0 aliphatic carbocycles. The predicted molar refractivity (Wildman–Crippen MR) is 67.9 cm³/mol. The van der Waals surface area contributed by atoms with E-state index in [4.69, 9.17) is 5.11 Å². The number of aliphatic hydroxyl groups excluding tert-OH is 1. The normalized spacial score (nSPS) is 20.9. The van der Waals surface area contributed by atoms with Crippen molar-refractivity contribution in [3.05, 3.63) is 0 Å². The first-order valence-electron chi connectivity index (χ1n) is 6.54. The van der Waals surface area contributed by atoms with Crippen molar-refractivity contribution in [3.8, 4) is 0 Å². The number of nitrogens with zero attached hydrogens (tertiary/aromatic N) is 2. The number of nitrogens with one attached hydrogen (secondary N) is 1. The second-order valence-corrected chi connectivity index (χ2v) is 4.53. The molecule has 1 saturated heterocycles. The topological polar surface area (TPSA) is 55.8 Å². The number of aliphatic hydroxyl groups is 1. The fourth-order valence-corrected chi connectivity index (χ4v) is 2.23. The molecular weight excluding hydrogens is 218 g/mol. The zero-order valence-corrected chi connectivity index (χ0v) is 11.0. The average Bonchev–Trinajstić information content (AvgIpc) is 2.54. The molecule has 17 heavy (non-hydrogen) atoms. The van der Waals surface area contributed by atoms with E-state index in [1.54, 1.807) is 0 Å². The van der Waals surface area contributed by atoms with Gasteiger partial charge in [0, 0.05) is 32.7 Å². The molecule has 0 aromatic heterocycles. The van der Waals surface area contributed by atoms with E-state index < -0.39 is 0 Å². The highest BCUT2D eigenvalue weighted by atomic mass is 16.3. The van der Waals surface area contributed by atoms with Crippen molar-refractivity contribution >= 4 is 5.91 Å². The highest BCUT2D eigenvalue weighted by Crippen LogP contribution is 2.07. The molecule has 1 fully saturated rings. The number of carbonyl (C=O) groups excluding carboxylic acids is 1. The highest BCUT2D eigenvalue weighted by molar-refractivity contribution is 5.81. The first kappa shape index (κ1) is 14.4. The quantitative estimate of drug-likeness (QED) is 0.684. The van der Waals surface area contributed by atoms with Crippen LogP contribution in [0.5, 0.6) is 0 Å². The lowest BCUT2D eigenvalue weighted by Crippen LogP contribution is -2.46. The van der Waals surface area contributed by atoms with Crippen LogP contribution >= 0.6 is 0 Å². The standard InChI is InChI=1S/C12H25N3O2/c1-3-13-12(17)11(2)15-6-4-5-14(7-8-15)9-10-16/h11,16H,3-10H2,1-2H3,(H,13,17). The Morgan fingerprint density at radius 1 is 1.35 bits per heavy atom. The van der Waals surface area contributed by atoms with Gasteiger partial charge in [0.15, 0.2) is 0 Å². The summed E-state index contributed by atoms with van der Waals surface area (Å²) < 4.78 is 0. The second kappa shape index (κ2) is 7.63. The van der Waals surface area contributed by atoms with Gasteiger partial charge < -0.3 is 10.4 Å². The fraction of sp³-hybridized carbons (Fsp3) is 0.917. The Balaban J connectivity index is 2.42. The Bertz CT molecular complexity index is 236. The number of amides is 1. The summed E-state index contributed by atoms with van der Waals surface area (Å²) in [7, 11) is 0. The molecule has 1 aliphatic rings. The molecule has 0 aromatic carbocycles. The fourth-order valence-electron chi connectivity index (χ4n) is 2.23. The summed E-state index contributed by atoms with van der Waals surface area (Å²) in [6.45, 7) is 9.35. The van der Waals surface area contributed by atoms with E-state index in [1.807, 2.05) is 13.8 Å². The van der Waals surface area contributed by atoms with Crippen molar-refractivity contribution in [1.29, 1.82) is 0 Å². The number of β-amino-alcohol motifs (C(OH)–C–C–N with tert-alkyl or cyclic N) is 1. The van der Waals surface area contributed by atoms with Crippen LogP contribution in [0.15, 0.2) is 0 Å². The molecule has 5 heteroatoms. The number of hydrogen-bond donors (Lipinski definition) is 2. The molecule has 1 aliphatic heterocycles. The van der Waals surface area contributed by atoms with Crippen LogP contribution in [0.4, 0.5) is 0 Å². The molecule has 5 nitrogen and oxygen atoms in total. The lowest BCUT2D eigenvalue weighted by atomic mass is 10.2. The molecule has 0 saturated carbocycles. The van der Waals surface area contributed by atoms with Gasteiger partial charge in [0.25, 0.3) is 0 Å². The molecular formula is C12H25N3O2. The minimum absolute atomic E-state index is 0.0518. The summed E-state index contributed by atoms with van der Waals surface area (Å²) in [6.07, 6.45) is 1.06. The van der Waals surface area contributed by atoms with E-state index in [0.717, 1.165) is 39.1 Å². The Kier molecular flexibility index (Phi) is 6.47. The lowest BCUT2D eigenvalue weighted by Gasteiger charge is -2.26. The van der Waals surface area contributed by atoms with E-state index in [0.29, 0.717) is 6.54 Å². The van der Waals surface area contributed by atoms with Gasteiger partial charge in [-0.25, -0.2) is 0 Å². The van der Waals surface area contributed by atoms with Crippen LogP contribution in [0, 0.1) is 0 Å². The van der Waals surface area contributed by atoms with E-state index >= 15 is 0 Å². The SMILES string of the molecule is CCNC(=O)C(C)N1CCCN(CCO)CC1. The summed E-state index contributed by atoms with van der Waals surface area (Å²) in [5.74, 6) is 0.114. The van der Waals surface area contributed by atoms with Gasteiger partial charge in [-0.3, -0.25) is 14.6 Å². The van der Waals surface area contributed by atoms with Crippen molar-refractivity contribution in [2.45, 2.75) is 26.3 Å². The number of rotatable bonds is 5. The van der Waals surface area contributed by atoms with Gasteiger partial charge in [-0.15, -0.1) is 0 Å². The number of likely N-dealkylation sites (N-methyl/N-ethyl adjacent to an activating group) is 1. The molecule has 1 atom stereocenters. The molecule has 0 radical (unpaired) electrons. The first-order chi connectivity index (χ1) is 8.19. The lowest BCUT2D eigenvalue weighted by molar-refractivity contribution is -0.125. The minimum Gasteiger partial charge on any atom is -0.395 e. The van der Waals surface area contributed by atoms with E-state index in [-0.39, 0.29) is 18.6 Å². The Morgan fingerprint density at radius 2 is 2.12 bits per heavy atom. The van der Waals surface area contributed by atoms with Crippen molar-refractivity contribution in [1.82, 2.24) is 15.1 Å². The minimum atomic E-state index is -0.0518. The van der Waals surface area contributed by atoms with Gasteiger partial charge in [-0.05, 0) is 26.8 Å². The van der Waals surface area contributed by atoms with Gasteiger partial charge in [0.2, 0.25) is 5.91 Å². The third-order valence-corrected chi connectivity index (χ3v) is 3.32. The summed E-state index contributed by atoms with van der Waals surface area (Å²) in [6, 6.07) is -0.0518. The highest BCUT2D eigenvalue weighted by Gasteiger charge is 2.23. The van der Waals surface area contributed by atoms with Gasteiger partial charge >= 0.3 is 0 Å². The molecule has 100 valence electrons. The maximum atomic E-state index is 11.8. The molecule has 0 bridgehead atoms. The molecule has 1 rings (SSSR count). The van der Waals surface area contributed by atoms with Crippen LogP contribution in [0.3, 0.4) is 0 Å². The zero-order valence-electron chi connectivity index (χ0n) is 11.0. The molecule has 1 amide bonds. The summed E-state index contributed by atoms with van der Waals surface area (Å²) in [5.41, 5.74) is 0. The molecule has 2 N–H and O–H groups in total. The third kappa shape index (κ3) is 4.61. The van der Waals surface area contributed by atoms with Crippen LogP contribution in [-0.4, -0.2) is 72.7 Å². The predicted octanol–water partition coefficient (Wildman–Crippen LogP) is -0.489. The average molecular weight is 243 g/mol. The van der Waals surface area contributed by atoms with Crippen LogP contribution in [0.25, 0.3) is 0 Å². The van der Waals surface area contributed by atoms with Crippen LogP contribution in [0.1, 0.15) is 20.3 Å². The maximum absolute atomic E-state index is 11.8. The van der Waals surface area contributed by atoms with Gasteiger partial charge in [0.05, 0.1) is 12.6 Å². The molecule has 0 aromatic rings. The third-order valence-electron chi connectivity index (χ3n) is 3.32. The maximum Gasteiger partial charge on any atom is 0.237 e. The molecule has 0 spiro atoms. The Morgan fingerprint density at radius 3 is 2.76 bits per heavy atom. The van der Waals surface area contributed by atoms with Gasteiger partial charge in [0.1, 0.15) is 0 Å². The van der Waals surface area contributed by atoms with Crippen molar-refractivity contribution in [2.75, 3.05) is 45.9 Å². The monoisotopic (exact) mass is 243 g/mol. The second-order valence-electron chi connectivity index (χ2n) is 4.53. The van der Waals surface area contributed by atoms with Gasteiger partial charge in [-0.1, -0.05) is 0 Å². The van der Waals surface area contributed by atoms with E-state index in [9.17, 15) is 4.79 Å². The van der Waals surface area contributed by atoms with Crippen molar-refractivity contribution < 1.29 is 9.90 Å². The number of carbonyl (C=O) groups is 1. The first-order valence-corrected chi connectivity index (χ1v) is 6.54. The summed E-state index contributed by atoms with van der Waals surface area (Å²) >= 11 is 0. The molecule has 1 unspecified atom stereocenters. The summed E-state index contributed by atoms with van der Waals surface area (Å²) in [5, 5.41) is 11.8. The van der Waals surface area contributed by atoms with E-state index in [2.05, 4.69) is 15.1 Å². The van der Waals surface area contributed by atoms with Crippen molar-refractivity contribution in [3.63, 3.8) is 0 Å². The van der Waals surface area contributed by atoms with Crippen LogP contribution in [0.2, 0.25) is 0 Å². The van der Waals surface area contributed by atoms with Crippen molar-refractivity contribution in [2.24, 2.45) is 0 Å².